The number of carbonyl (C=O) groups excluding carboxylic acids is 1. The van der Waals surface area contributed by atoms with Crippen molar-refractivity contribution in [1.29, 1.82) is 0 Å². The Labute approximate surface area is 76.8 Å². The largest absolute Gasteiger partial charge is 0.462 e. The zero-order chi connectivity index (χ0) is 9.26. The van der Waals surface area contributed by atoms with Crippen LogP contribution in [0, 0.1) is 0 Å². The molecule has 0 amide bonds. The highest BCUT2D eigenvalue weighted by Crippen LogP contribution is 2.23. The van der Waals surface area contributed by atoms with Gasteiger partial charge in [-0.25, -0.2) is 0 Å². The molecule has 66 valence electrons. The molecule has 1 aromatic carbocycles. The van der Waals surface area contributed by atoms with Crippen molar-refractivity contribution in [3.8, 4) is 5.75 Å². The highest BCUT2D eigenvalue weighted by Gasteiger charge is 2.12. The van der Waals surface area contributed by atoms with Gasteiger partial charge in [-0.1, -0.05) is 18.2 Å². The minimum atomic E-state index is 0.0995. The number of ether oxygens (including phenoxy) is 1. The minimum Gasteiger partial charge on any atom is -0.462 e. The first-order valence-corrected chi connectivity index (χ1v) is 4.22. The molecule has 2 nitrogen and oxygen atoms in total. The molecule has 0 saturated carbocycles. The van der Waals surface area contributed by atoms with Crippen molar-refractivity contribution in [2.75, 3.05) is 0 Å². The van der Waals surface area contributed by atoms with E-state index in [1.807, 2.05) is 24.3 Å². The van der Waals surface area contributed by atoms with Crippen LogP contribution in [0.2, 0.25) is 0 Å². The summed E-state index contributed by atoms with van der Waals surface area (Å²) in [4.78, 5) is 11.3. The van der Waals surface area contributed by atoms with Gasteiger partial charge in [0.1, 0.15) is 11.5 Å². The smallest absolute Gasteiger partial charge is 0.163 e. The number of allylic oxidation sites excluding steroid dienone is 2. The average molecular weight is 174 g/mol. The van der Waals surface area contributed by atoms with Crippen LogP contribution in [0.1, 0.15) is 12.5 Å². The maximum atomic E-state index is 11.3. The van der Waals surface area contributed by atoms with Crippen molar-refractivity contribution in [2.45, 2.75) is 13.3 Å². The lowest BCUT2D eigenvalue weighted by Crippen LogP contribution is -1.96. The minimum absolute atomic E-state index is 0.0995. The third-order valence-electron chi connectivity index (χ3n) is 1.97. The number of hydrogen-bond acceptors (Lipinski definition) is 2. The number of rotatable bonds is 0. The third-order valence-corrected chi connectivity index (χ3v) is 1.97. The molecule has 0 unspecified atom stereocenters. The topological polar surface area (TPSA) is 26.3 Å². The first-order chi connectivity index (χ1) is 6.25. The molecule has 0 atom stereocenters. The highest BCUT2D eigenvalue weighted by atomic mass is 16.5. The Hall–Kier alpha value is -1.57. The first kappa shape index (κ1) is 8.05. The molecular formula is C11H10O2. The average Bonchev–Trinajstić information content (AvgIpc) is 2.20. The maximum Gasteiger partial charge on any atom is 0.163 e. The number of fused-ring (bicyclic) bond motifs is 1. The quantitative estimate of drug-likeness (QED) is 0.602. The van der Waals surface area contributed by atoms with Gasteiger partial charge < -0.3 is 4.74 Å². The second kappa shape index (κ2) is 3.05. The molecule has 0 radical (unpaired) electrons. The summed E-state index contributed by atoms with van der Waals surface area (Å²) in [7, 11) is 0. The molecule has 2 rings (SSSR count). The zero-order valence-electron chi connectivity index (χ0n) is 7.41. The molecule has 0 bridgehead atoms. The van der Waals surface area contributed by atoms with Gasteiger partial charge in [0.05, 0.1) is 0 Å². The van der Waals surface area contributed by atoms with Crippen LogP contribution in [0.4, 0.5) is 0 Å². The lowest BCUT2D eigenvalue weighted by molar-refractivity contribution is -0.114. The fourth-order valence-electron chi connectivity index (χ4n) is 1.42. The second-order valence-electron chi connectivity index (χ2n) is 3.11. The van der Waals surface area contributed by atoms with Crippen LogP contribution < -0.4 is 4.74 Å². The van der Waals surface area contributed by atoms with Crippen molar-refractivity contribution in [2.24, 2.45) is 0 Å². The van der Waals surface area contributed by atoms with Crippen LogP contribution >= 0.6 is 0 Å². The summed E-state index contributed by atoms with van der Waals surface area (Å²) in [6.45, 7) is 1.79. The van der Waals surface area contributed by atoms with Gasteiger partial charge in [0.25, 0.3) is 0 Å². The van der Waals surface area contributed by atoms with Gasteiger partial charge in [-0.15, -0.1) is 0 Å². The molecule has 1 aromatic rings. The third kappa shape index (κ3) is 1.61. The SMILES string of the molecule is CC1=CC(=O)Cc2ccccc2O1. The Bertz CT molecular complexity index is 377. The van der Waals surface area contributed by atoms with E-state index in [1.165, 1.54) is 0 Å². The van der Waals surface area contributed by atoms with Crippen molar-refractivity contribution in [3.63, 3.8) is 0 Å². The molecule has 1 heterocycles. The fraction of sp³-hybridized carbons (Fsp3) is 0.182. The van der Waals surface area contributed by atoms with E-state index in [0.717, 1.165) is 11.3 Å². The lowest BCUT2D eigenvalue weighted by Gasteiger charge is -2.05. The number of para-hydroxylation sites is 1. The molecule has 0 spiro atoms. The monoisotopic (exact) mass is 174 g/mol. The van der Waals surface area contributed by atoms with Crippen molar-refractivity contribution < 1.29 is 9.53 Å². The summed E-state index contributed by atoms with van der Waals surface area (Å²) in [5.41, 5.74) is 0.959. The summed E-state index contributed by atoms with van der Waals surface area (Å²) < 4.78 is 5.47. The van der Waals surface area contributed by atoms with E-state index in [2.05, 4.69) is 0 Å². The van der Waals surface area contributed by atoms with E-state index in [0.29, 0.717) is 12.2 Å². The number of benzene rings is 1. The van der Waals surface area contributed by atoms with Gasteiger partial charge in [0, 0.05) is 18.1 Å². The van der Waals surface area contributed by atoms with Crippen LogP contribution in [0.3, 0.4) is 0 Å². The molecule has 1 aliphatic heterocycles. The molecule has 0 aliphatic carbocycles. The van der Waals surface area contributed by atoms with Gasteiger partial charge >= 0.3 is 0 Å². The molecule has 13 heavy (non-hydrogen) atoms. The lowest BCUT2D eigenvalue weighted by atomic mass is 10.1. The zero-order valence-corrected chi connectivity index (χ0v) is 7.41. The Morgan fingerprint density at radius 3 is 2.92 bits per heavy atom. The van der Waals surface area contributed by atoms with Gasteiger partial charge in [-0.2, -0.15) is 0 Å². The van der Waals surface area contributed by atoms with Crippen LogP contribution in [0.5, 0.6) is 5.75 Å². The van der Waals surface area contributed by atoms with E-state index in [4.69, 9.17) is 4.74 Å². The fourth-order valence-corrected chi connectivity index (χ4v) is 1.42. The van der Waals surface area contributed by atoms with Crippen LogP contribution in [0.15, 0.2) is 36.1 Å². The molecule has 0 aromatic heterocycles. The summed E-state index contributed by atoms with van der Waals surface area (Å²) >= 11 is 0. The summed E-state index contributed by atoms with van der Waals surface area (Å²) in [5, 5.41) is 0. The Morgan fingerprint density at radius 1 is 1.31 bits per heavy atom. The first-order valence-electron chi connectivity index (χ1n) is 4.22. The molecule has 0 fully saturated rings. The molecule has 2 heteroatoms. The summed E-state index contributed by atoms with van der Waals surface area (Å²) in [6, 6.07) is 7.61. The second-order valence-corrected chi connectivity index (χ2v) is 3.11. The highest BCUT2D eigenvalue weighted by molar-refractivity contribution is 5.92. The number of carbonyl (C=O) groups is 1. The summed E-state index contributed by atoms with van der Waals surface area (Å²) in [5.74, 6) is 1.56. The maximum absolute atomic E-state index is 11.3. The predicted molar refractivity (Wildman–Crippen MR) is 49.5 cm³/mol. The van der Waals surface area contributed by atoms with Gasteiger partial charge in [-0.3, -0.25) is 4.79 Å². The summed E-state index contributed by atoms with van der Waals surface area (Å²) in [6.07, 6.45) is 1.98. The van der Waals surface area contributed by atoms with E-state index in [9.17, 15) is 4.79 Å². The molecule has 0 saturated heterocycles. The molecule has 0 N–H and O–H groups in total. The van der Waals surface area contributed by atoms with Gasteiger partial charge in [-0.05, 0) is 13.0 Å². The Morgan fingerprint density at radius 2 is 2.08 bits per heavy atom. The van der Waals surface area contributed by atoms with Crippen molar-refractivity contribution in [3.05, 3.63) is 41.7 Å². The van der Waals surface area contributed by atoms with Gasteiger partial charge in [0.2, 0.25) is 0 Å². The normalized spacial score (nSPS) is 15.5. The Kier molecular flexibility index (Phi) is 1.89. The van der Waals surface area contributed by atoms with E-state index in [-0.39, 0.29) is 5.78 Å². The van der Waals surface area contributed by atoms with E-state index >= 15 is 0 Å². The van der Waals surface area contributed by atoms with Crippen LogP contribution in [-0.2, 0) is 11.2 Å². The van der Waals surface area contributed by atoms with Crippen LogP contribution in [-0.4, -0.2) is 5.78 Å². The number of ketones is 1. The standard InChI is InChI=1S/C11H10O2/c1-8-6-10(12)7-9-4-2-3-5-11(9)13-8/h2-6H,7H2,1H3. The van der Waals surface area contributed by atoms with E-state index < -0.39 is 0 Å². The van der Waals surface area contributed by atoms with Gasteiger partial charge in [0.15, 0.2) is 5.78 Å². The van der Waals surface area contributed by atoms with Crippen molar-refractivity contribution >= 4 is 5.78 Å². The van der Waals surface area contributed by atoms with E-state index in [1.54, 1.807) is 13.0 Å². The molecule has 1 aliphatic rings. The number of hydrogen-bond donors (Lipinski definition) is 0. The van der Waals surface area contributed by atoms with Crippen LogP contribution in [0.25, 0.3) is 0 Å². The van der Waals surface area contributed by atoms with Crippen molar-refractivity contribution in [1.82, 2.24) is 0 Å². The Balaban J connectivity index is 2.46. The molecular weight excluding hydrogens is 164 g/mol. The predicted octanol–water partition coefficient (Wildman–Crippen LogP) is 2.09.